The molecular weight excluding hydrogens is 390 g/mol. The molecule has 0 saturated heterocycles. The maximum atomic E-state index is 12.9. The van der Waals surface area contributed by atoms with Gasteiger partial charge in [0, 0.05) is 46.5 Å². The van der Waals surface area contributed by atoms with Crippen molar-refractivity contribution >= 4 is 33.5 Å². The third kappa shape index (κ3) is 4.19. The summed E-state index contributed by atoms with van der Waals surface area (Å²) in [4.78, 5) is 31.7. The van der Waals surface area contributed by atoms with E-state index in [0.29, 0.717) is 12.8 Å². The van der Waals surface area contributed by atoms with Crippen LogP contribution in [0.3, 0.4) is 0 Å². The van der Waals surface area contributed by atoms with Gasteiger partial charge in [0.05, 0.1) is 13.2 Å². The van der Waals surface area contributed by atoms with E-state index in [0.717, 1.165) is 38.7 Å². The van der Waals surface area contributed by atoms with Gasteiger partial charge in [0.25, 0.3) is 0 Å². The van der Waals surface area contributed by atoms with Crippen molar-refractivity contribution in [1.29, 1.82) is 0 Å². The first-order valence-corrected chi connectivity index (χ1v) is 10.5. The largest absolute Gasteiger partial charge is 0.496 e. The standard InChI is InChI=1S/C25H27N3O3/c1-15(11-17-13-26-20-8-5-4-7-19(17)20)25(30)28-22(16(2)29)12-18-14-27-21-9-6-10-23(31-3)24(18)21/h4-10,13-15,22,26-27H,11-12H2,1-3H3,(H,28,30). The van der Waals surface area contributed by atoms with Crippen LogP contribution >= 0.6 is 0 Å². The number of nitrogens with one attached hydrogen (secondary N) is 3. The zero-order chi connectivity index (χ0) is 22.0. The summed E-state index contributed by atoms with van der Waals surface area (Å²) in [7, 11) is 1.63. The van der Waals surface area contributed by atoms with Gasteiger partial charge in [-0.15, -0.1) is 0 Å². The highest BCUT2D eigenvalue weighted by Crippen LogP contribution is 2.29. The van der Waals surface area contributed by atoms with Crippen molar-refractivity contribution in [3.05, 3.63) is 66.0 Å². The molecule has 0 fully saturated rings. The molecule has 0 aliphatic heterocycles. The number of hydrogen-bond donors (Lipinski definition) is 3. The van der Waals surface area contributed by atoms with Crippen molar-refractivity contribution in [1.82, 2.24) is 15.3 Å². The highest BCUT2D eigenvalue weighted by atomic mass is 16.5. The Morgan fingerprint density at radius 1 is 0.968 bits per heavy atom. The lowest BCUT2D eigenvalue weighted by molar-refractivity contribution is -0.129. The average molecular weight is 418 g/mol. The Bertz CT molecular complexity index is 1240. The van der Waals surface area contributed by atoms with Gasteiger partial charge in [-0.1, -0.05) is 31.2 Å². The summed E-state index contributed by atoms with van der Waals surface area (Å²) < 4.78 is 5.49. The molecular formula is C25H27N3O3. The van der Waals surface area contributed by atoms with Gasteiger partial charge in [0.15, 0.2) is 5.78 Å². The van der Waals surface area contributed by atoms with Crippen molar-refractivity contribution in [3.63, 3.8) is 0 Å². The van der Waals surface area contributed by atoms with Crippen molar-refractivity contribution in [3.8, 4) is 5.75 Å². The Morgan fingerprint density at radius 2 is 1.68 bits per heavy atom. The van der Waals surface area contributed by atoms with E-state index in [9.17, 15) is 9.59 Å². The van der Waals surface area contributed by atoms with Crippen LogP contribution in [0.15, 0.2) is 54.9 Å². The minimum atomic E-state index is -0.596. The predicted octanol–water partition coefficient (Wildman–Crippen LogP) is 4.15. The van der Waals surface area contributed by atoms with Gasteiger partial charge < -0.3 is 20.0 Å². The van der Waals surface area contributed by atoms with Crippen LogP contribution in [-0.4, -0.2) is 34.8 Å². The van der Waals surface area contributed by atoms with Crippen LogP contribution in [0.1, 0.15) is 25.0 Å². The van der Waals surface area contributed by atoms with Crippen molar-refractivity contribution in [2.24, 2.45) is 5.92 Å². The lowest BCUT2D eigenvalue weighted by Gasteiger charge is -2.19. The second-order valence-electron chi connectivity index (χ2n) is 8.04. The molecule has 2 unspecified atom stereocenters. The van der Waals surface area contributed by atoms with Gasteiger partial charge >= 0.3 is 0 Å². The SMILES string of the molecule is COc1cccc2[nH]cc(CC(NC(=O)C(C)Cc3c[nH]c4ccccc34)C(C)=O)c12. The van der Waals surface area contributed by atoms with Crippen LogP contribution in [0.2, 0.25) is 0 Å². The number of methoxy groups -OCH3 is 1. The number of ketones is 1. The zero-order valence-corrected chi connectivity index (χ0v) is 18.0. The summed E-state index contributed by atoms with van der Waals surface area (Å²) >= 11 is 0. The first-order chi connectivity index (χ1) is 15.0. The Labute approximate surface area is 181 Å². The van der Waals surface area contributed by atoms with E-state index in [1.807, 2.05) is 55.7 Å². The number of hydrogen-bond acceptors (Lipinski definition) is 3. The summed E-state index contributed by atoms with van der Waals surface area (Å²) in [5, 5.41) is 5.03. The van der Waals surface area contributed by atoms with Crippen molar-refractivity contribution in [2.45, 2.75) is 32.7 Å². The molecule has 6 nitrogen and oxygen atoms in total. The molecule has 160 valence electrons. The Morgan fingerprint density at radius 3 is 2.45 bits per heavy atom. The molecule has 6 heteroatoms. The van der Waals surface area contributed by atoms with Crippen molar-refractivity contribution < 1.29 is 14.3 Å². The molecule has 2 heterocycles. The number of Topliss-reactive ketones (excluding diaryl/α,β-unsaturated/α-hetero) is 1. The van der Waals surface area contributed by atoms with Crippen LogP contribution in [0.25, 0.3) is 21.8 Å². The highest BCUT2D eigenvalue weighted by molar-refractivity contribution is 5.92. The molecule has 0 aliphatic rings. The summed E-state index contributed by atoms with van der Waals surface area (Å²) in [5.41, 5.74) is 4.03. The first kappa shape index (κ1) is 20.7. The van der Waals surface area contributed by atoms with Crippen LogP contribution < -0.4 is 10.1 Å². The van der Waals surface area contributed by atoms with Gasteiger partial charge in [-0.2, -0.15) is 0 Å². The normalized spacial score (nSPS) is 13.3. The number of rotatable bonds is 8. The van der Waals surface area contributed by atoms with E-state index in [2.05, 4.69) is 21.4 Å². The molecule has 0 radical (unpaired) electrons. The Balaban J connectivity index is 1.49. The Kier molecular flexibility index (Phi) is 5.80. The Hall–Kier alpha value is -3.54. The number of para-hydroxylation sites is 1. The topological polar surface area (TPSA) is 87.0 Å². The van der Waals surface area contributed by atoms with Gasteiger partial charge in [-0.3, -0.25) is 9.59 Å². The zero-order valence-electron chi connectivity index (χ0n) is 18.0. The van der Waals surface area contributed by atoms with Crippen LogP contribution in [0, 0.1) is 5.92 Å². The second-order valence-corrected chi connectivity index (χ2v) is 8.04. The van der Waals surface area contributed by atoms with E-state index in [-0.39, 0.29) is 17.6 Å². The minimum Gasteiger partial charge on any atom is -0.496 e. The minimum absolute atomic E-state index is 0.0723. The fourth-order valence-electron chi connectivity index (χ4n) is 4.10. The summed E-state index contributed by atoms with van der Waals surface area (Å²) in [5.74, 6) is 0.280. The van der Waals surface area contributed by atoms with Gasteiger partial charge in [0.1, 0.15) is 5.75 Å². The number of carbonyl (C=O) groups is 2. The van der Waals surface area contributed by atoms with Gasteiger partial charge in [0.2, 0.25) is 5.91 Å². The molecule has 1 amide bonds. The third-order valence-electron chi connectivity index (χ3n) is 5.85. The molecule has 4 rings (SSSR count). The van der Waals surface area contributed by atoms with E-state index in [1.54, 1.807) is 7.11 Å². The number of ether oxygens (including phenoxy) is 1. The fourth-order valence-corrected chi connectivity index (χ4v) is 4.10. The molecule has 0 bridgehead atoms. The maximum absolute atomic E-state index is 12.9. The third-order valence-corrected chi connectivity index (χ3v) is 5.85. The molecule has 2 aromatic carbocycles. The van der Waals surface area contributed by atoms with E-state index in [1.165, 1.54) is 6.92 Å². The number of H-pyrrole nitrogens is 2. The molecule has 0 aliphatic carbocycles. The fraction of sp³-hybridized carbons (Fsp3) is 0.280. The summed E-state index contributed by atoms with van der Waals surface area (Å²) in [6.07, 6.45) is 4.84. The lowest BCUT2D eigenvalue weighted by atomic mass is 9.97. The molecule has 0 spiro atoms. The molecule has 3 N–H and O–H groups in total. The number of fused-ring (bicyclic) bond motifs is 2. The monoisotopic (exact) mass is 417 g/mol. The molecule has 0 saturated carbocycles. The molecule has 2 atom stereocenters. The highest BCUT2D eigenvalue weighted by Gasteiger charge is 2.24. The number of benzene rings is 2. The van der Waals surface area contributed by atoms with E-state index < -0.39 is 6.04 Å². The van der Waals surface area contributed by atoms with Crippen LogP contribution in [0.5, 0.6) is 5.75 Å². The quantitative estimate of drug-likeness (QED) is 0.402. The van der Waals surface area contributed by atoms with E-state index >= 15 is 0 Å². The van der Waals surface area contributed by atoms with Gasteiger partial charge in [-0.05, 0) is 42.7 Å². The van der Waals surface area contributed by atoms with Crippen LogP contribution in [0.4, 0.5) is 0 Å². The van der Waals surface area contributed by atoms with Gasteiger partial charge in [-0.25, -0.2) is 0 Å². The number of aromatic nitrogens is 2. The average Bonchev–Trinajstić information content (AvgIpc) is 3.37. The van der Waals surface area contributed by atoms with Crippen molar-refractivity contribution in [2.75, 3.05) is 7.11 Å². The molecule has 4 aromatic rings. The lowest BCUT2D eigenvalue weighted by Crippen LogP contribution is -2.44. The number of aromatic amines is 2. The molecule has 31 heavy (non-hydrogen) atoms. The number of amides is 1. The first-order valence-electron chi connectivity index (χ1n) is 10.5. The summed E-state index contributed by atoms with van der Waals surface area (Å²) in [6.45, 7) is 3.41. The smallest absolute Gasteiger partial charge is 0.223 e. The van der Waals surface area contributed by atoms with E-state index in [4.69, 9.17) is 4.74 Å². The van der Waals surface area contributed by atoms with Crippen LogP contribution in [-0.2, 0) is 22.4 Å². The maximum Gasteiger partial charge on any atom is 0.223 e. The second kappa shape index (κ2) is 8.68. The predicted molar refractivity (Wildman–Crippen MR) is 122 cm³/mol. The summed E-state index contributed by atoms with van der Waals surface area (Å²) in [6, 6.07) is 13.2. The number of carbonyl (C=O) groups excluding carboxylic acids is 2. The molecule has 2 aromatic heterocycles.